The number of carbonyl (C=O) groups is 1. The van der Waals surface area contributed by atoms with Gasteiger partial charge in [-0.05, 0) is 31.5 Å². The normalized spacial score (nSPS) is 19.5. The molecule has 0 bridgehead atoms. The summed E-state index contributed by atoms with van der Waals surface area (Å²) < 4.78 is 30.1. The van der Waals surface area contributed by atoms with Crippen molar-refractivity contribution < 1.29 is 17.9 Å². The first kappa shape index (κ1) is 17.5. The molecule has 1 amide bonds. The minimum atomic E-state index is -2.98. The molecule has 1 aliphatic heterocycles. The van der Waals surface area contributed by atoms with Gasteiger partial charge in [0.2, 0.25) is 5.91 Å². The fraction of sp³-hybridized carbons (Fsp3) is 0.467. The molecule has 6 nitrogen and oxygen atoms in total. The number of ether oxygens (including phenoxy) is 1. The van der Waals surface area contributed by atoms with Gasteiger partial charge in [-0.2, -0.15) is 0 Å². The number of hydrogen-bond donors (Lipinski definition) is 1. The van der Waals surface area contributed by atoms with Gasteiger partial charge in [0.25, 0.3) is 0 Å². The van der Waals surface area contributed by atoms with Crippen LogP contribution in [0.4, 0.5) is 0 Å². The molecular formula is C15H18N2O4S3. The number of nitrogens with one attached hydrogen (secondary N) is 1. The van der Waals surface area contributed by atoms with Crippen LogP contribution in [-0.2, 0) is 14.6 Å². The van der Waals surface area contributed by atoms with Crippen molar-refractivity contribution in [3.05, 3.63) is 18.2 Å². The highest BCUT2D eigenvalue weighted by atomic mass is 32.2. The van der Waals surface area contributed by atoms with E-state index in [1.165, 1.54) is 23.1 Å². The quantitative estimate of drug-likeness (QED) is 0.765. The van der Waals surface area contributed by atoms with Gasteiger partial charge in [-0.15, -0.1) is 11.3 Å². The third kappa shape index (κ3) is 4.40. The van der Waals surface area contributed by atoms with Crippen LogP contribution in [0.3, 0.4) is 0 Å². The van der Waals surface area contributed by atoms with Crippen molar-refractivity contribution >= 4 is 49.1 Å². The van der Waals surface area contributed by atoms with Gasteiger partial charge in [-0.3, -0.25) is 4.79 Å². The second kappa shape index (κ2) is 7.28. The maximum atomic E-state index is 12.0. The van der Waals surface area contributed by atoms with E-state index in [4.69, 9.17) is 4.74 Å². The standard InChI is InChI=1S/C15H18N2O4S3/c1-2-21-11-3-4-12-13(7-11)23-15(17-12)22-8-14(18)16-10-5-6-24(19,20)9-10/h3-4,7,10H,2,5-6,8-9H2,1H3,(H,16,18)/t10-/m0/s1. The number of aromatic nitrogens is 1. The molecule has 24 heavy (non-hydrogen) atoms. The molecule has 1 fully saturated rings. The maximum absolute atomic E-state index is 12.0. The van der Waals surface area contributed by atoms with E-state index < -0.39 is 9.84 Å². The number of fused-ring (bicyclic) bond motifs is 1. The summed E-state index contributed by atoms with van der Waals surface area (Å²) in [6, 6.07) is 5.48. The third-order valence-corrected chi connectivity index (χ3v) is 7.50. The molecule has 0 radical (unpaired) electrons. The number of nitrogens with zero attached hydrogens (tertiary/aromatic N) is 1. The lowest BCUT2D eigenvalue weighted by Gasteiger charge is -2.09. The van der Waals surface area contributed by atoms with Crippen LogP contribution in [0.1, 0.15) is 13.3 Å². The molecule has 1 atom stereocenters. The second-order valence-electron chi connectivity index (χ2n) is 5.50. The van der Waals surface area contributed by atoms with Crippen molar-refractivity contribution in [2.75, 3.05) is 23.9 Å². The molecule has 1 N–H and O–H groups in total. The fourth-order valence-corrected chi connectivity index (χ4v) is 6.09. The summed E-state index contributed by atoms with van der Waals surface area (Å²) in [5.74, 6) is 1.09. The lowest BCUT2D eigenvalue weighted by molar-refractivity contribution is -0.119. The van der Waals surface area contributed by atoms with Crippen molar-refractivity contribution in [3.63, 3.8) is 0 Å². The molecule has 0 saturated carbocycles. The topological polar surface area (TPSA) is 85.4 Å². The number of sulfone groups is 1. The highest BCUT2D eigenvalue weighted by Gasteiger charge is 2.28. The molecule has 130 valence electrons. The van der Waals surface area contributed by atoms with Crippen molar-refractivity contribution in [3.8, 4) is 5.75 Å². The highest BCUT2D eigenvalue weighted by Crippen LogP contribution is 2.31. The van der Waals surface area contributed by atoms with E-state index in [1.54, 1.807) is 0 Å². The Kier molecular flexibility index (Phi) is 5.31. The van der Waals surface area contributed by atoms with Gasteiger partial charge in [0.15, 0.2) is 14.2 Å². The molecular weight excluding hydrogens is 368 g/mol. The van der Waals surface area contributed by atoms with E-state index >= 15 is 0 Å². The molecule has 0 unspecified atom stereocenters. The average Bonchev–Trinajstić information content (AvgIpc) is 3.07. The van der Waals surface area contributed by atoms with Crippen LogP contribution in [0, 0.1) is 0 Å². The summed E-state index contributed by atoms with van der Waals surface area (Å²) in [6.07, 6.45) is 0.500. The monoisotopic (exact) mass is 386 g/mol. The van der Waals surface area contributed by atoms with Crippen LogP contribution in [0.2, 0.25) is 0 Å². The molecule has 1 saturated heterocycles. The van der Waals surface area contributed by atoms with Gasteiger partial charge in [0.1, 0.15) is 5.75 Å². The first-order valence-corrected chi connectivity index (χ1v) is 11.2. The fourth-order valence-electron chi connectivity index (χ4n) is 2.51. The molecule has 0 aliphatic carbocycles. The van der Waals surface area contributed by atoms with Gasteiger partial charge in [-0.1, -0.05) is 11.8 Å². The van der Waals surface area contributed by atoms with E-state index in [0.29, 0.717) is 13.0 Å². The first-order chi connectivity index (χ1) is 11.4. The van der Waals surface area contributed by atoms with Crippen molar-refractivity contribution in [2.24, 2.45) is 0 Å². The minimum absolute atomic E-state index is 0.0464. The predicted octanol–water partition coefficient (Wildman–Crippen LogP) is 2.09. The number of hydrogen-bond acceptors (Lipinski definition) is 7. The maximum Gasteiger partial charge on any atom is 0.230 e. The van der Waals surface area contributed by atoms with Gasteiger partial charge < -0.3 is 10.1 Å². The molecule has 1 aromatic heterocycles. The number of amides is 1. The Bertz CT molecular complexity index is 848. The zero-order valence-electron chi connectivity index (χ0n) is 13.1. The van der Waals surface area contributed by atoms with E-state index in [1.807, 2.05) is 25.1 Å². The Morgan fingerprint density at radius 1 is 1.50 bits per heavy atom. The predicted molar refractivity (Wildman–Crippen MR) is 96.7 cm³/mol. The van der Waals surface area contributed by atoms with Crippen molar-refractivity contribution in [1.29, 1.82) is 0 Å². The lowest BCUT2D eigenvalue weighted by atomic mass is 10.3. The smallest absolute Gasteiger partial charge is 0.230 e. The lowest BCUT2D eigenvalue weighted by Crippen LogP contribution is -2.36. The van der Waals surface area contributed by atoms with Crippen molar-refractivity contribution in [1.82, 2.24) is 10.3 Å². The molecule has 3 rings (SSSR count). The van der Waals surface area contributed by atoms with Crippen LogP contribution < -0.4 is 10.1 Å². The van der Waals surface area contributed by atoms with Crippen LogP contribution in [0.25, 0.3) is 10.2 Å². The summed E-state index contributed by atoms with van der Waals surface area (Å²) in [6.45, 7) is 2.55. The largest absolute Gasteiger partial charge is 0.494 e. The summed E-state index contributed by atoms with van der Waals surface area (Å²) in [4.78, 5) is 16.5. The Morgan fingerprint density at radius 3 is 3.04 bits per heavy atom. The third-order valence-electron chi connectivity index (χ3n) is 3.58. The van der Waals surface area contributed by atoms with E-state index in [2.05, 4.69) is 10.3 Å². The minimum Gasteiger partial charge on any atom is -0.494 e. The molecule has 1 aliphatic rings. The Labute approximate surface area is 148 Å². The number of rotatable bonds is 6. The Hall–Kier alpha value is -1.32. The van der Waals surface area contributed by atoms with Crippen molar-refractivity contribution in [2.45, 2.75) is 23.7 Å². The van der Waals surface area contributed by atoms with Crippen LogP contribution in [-0.4, -0.2) is 49.2 Å². The van der Waals surface area contributed by atoms with Gasteiger partial charge in [0, 0.05) is 6.04 Å². The zero-order valence-corrected chi connectivity index (χ0v) is 15.6. The van der Waals surface area contributed by atoms with Crippen LogP contribution in [0.15, 0.2) is 22.5 Å². The molecule has 9 heteroatoms. The highest BCUT2D eigenvalue weighted by molar-refractivity contribution is 8.01. The SMILES string of the molecule is CCOc1ccc2nc(SCC(=O)N[C@H]3CCS(=O)(=O)C3)sc2c1. The molecule has 2 heterocycles. The molecule has 1 aromatic carbocycles. The summed E-state index contributed by atoms with van der Waals surface area (Å²) >= 11 is 2.88. The van der Waals surface area contributed by atoms with Gasteiger partial charge >= 0.3 is 0 Å². The summed E-state index contributed by atoms with van der Waals surface area (Å²) in [5, 5.41) is 2.78. The zero-order chi connectivity index (χ0) is 17.2. The number of carbonyl (C=O) groups excluding carboxylic acids is 1. The Morgan fingerprint density at radius 2 is 2.33 bits per heavy atom. The van der Waals surface area contributed by atoms with E-state index in [9.17, 15) is 13.2 Å². The molecule has 2 aromatic rings. The van der Waals surface area contributed by atoms with Gasteiger partial charge in [-0.25, -0.2) is 13.4 Å². The van der Waals surface area contributed by atoms with Crippen LogP contribution in [0.5, 0.6) is 5.75 Å². The summed E-state index contributed by atoms with van der Waals surface area (Å²) in [5.41, 5.74) is 0.883. The van der Waals surface area contributed by atoms with E-state index in [-0.39, 0.29) is 29.2 Å². The summed E-state index contributed by atoms with van der Waals surface area (Å²) in [7, 11) is -2.98. The Balaban J connectivity index is 1.56. The second-order valence-corrected chi connectivity index (χ2v) is 9.98. The number of thiazole rings is 1. The number of thioether (sulfide) groups is 1. The average molecular weight is 387 g/mol. The molecule has 0 spiro atoms. The first-order valence-electron chi connectivity index (χ1n) is 7.61. The van der Waals surface area contributed by atoms with Gasteiger partial charge in [0.05, 0.1) is 34.1 Å². The number of benzene rings is 1. The van der Waals surface area contributed by atoms with E-state index in [0.717, 1.165) is 20.3 Å². The van der Waals surface area contributed by atoms with Crippen LogP contribution >= 0.6 is 23.1 Å².